The molecule has 0 radical (unpaired) electrons. The van der Waals surface area contributed by atoms with E-state index in [1.807, 2.05) is 0 Å². The van der Waals surface area contributed by atoms with E-state index in [9.17, 15) is 28.5 Å². The van der Waals surface area contributed by atoms with Gasteiger partial charge in [0.25, 0.3) is 10.1 Å². The molecule has 0 aromatic rings. The van der Waals surface area contributed by atoms with Gasteiger partial charge in [0.2, 0.25) is 5.91 Å². The third kappa shape index (κ3) is 4.99. The Labute approximate surface area is 216 Å². The number of hydrogen-bond acceptors (Lipinski definition) is 6. The number of hydrogen-bond donors (Lipinski definition) is 4. The molecule has 9 heteroatoms. The summed E-state index contributed by atoms with van der Waals surface area (Å²) in [5.41, 5.74) is -0.257. The molecule has 4 aliphatic carbocycles. The summed E-state index contributed by atoms with van der Waals surface area (Å²) in [5, 5.41) is 33.3. The minimum Gasteiger partial charge on any atom is -0.393 e. The number of nitrogens with zero attached hydrogens (tertiary/aromatic N) is 1. The van der Waals surface area contributed by atoms with Gasteiger partial charge in [-0.05, 0) is 97.7 Å². The lowest BCUT2D eigenvalue weighted by atomic mass is 9.43. The number of aliphatic hydroxyl groups excluding tert-OH is 3. The van der Waals surface area contributed by atoms with Crippen molar-refractivity contribution in [3.05, 3.63) is 0 Å². The lowest BCUT2D eigenvalue weighted by Gasteiger charge is -2.63. The predicted molar refractivity (Wildman–Crippen MR) is 136 cm³/mol. The van der Waals surface area contributed by atoms with Crippen LogP contribution in [0.1, 0.15) is 78.6 Å². The van der Waals surface area contributed by atoms with Crippen LogP contribution in [0.4, 0.5) is 0 Å². The Bertz CT molecular complexity index is 927. The molecular formula is C27H47NO7S. The molecule has 4 fully saturated rings. The fraction of sp³-hybridized carbons (Fsp3) is 0.963. The molecule has 0 aromatic carbocycles. The van der Waals surface area contributed by atoms with Crippen molar-refractivity contribution >= 4 is 16.0 Å². The zero-order valence-corrected chi connectivity index (χ0v) is 23.2. The van der Waals surface area contributed by atoms with Gasteiger partial charge in [0.05, 0.1) is 24.1 Å². The highest BCUT2D eigenvalue weighted by Crippen LogP contribution is 2.68. The summed E-state index contributed by atoms with van der Waals surface area (Å²) in [5.74, 6) is 0.817. The normalized spacial score (nSPS) is 45.3. The van der Waals surface area contributed by atoms with Gasteiger partial charge in [-0.25, -0.2) is 0 Å². The molecule has 208 valence electrons. The zero-order valence-electron chi connectivity index (χ0n) is 22.3. The van der Waals surface area contributed by atoms with Crippen molar-refractivity contribution in [3.63, 3.8) is 0 Å². The van der Waals surface area contributed by atoms with E-state index < -0.39 is 28.1 Å². The van der Waals surface area contributed by atoms with Gasteiger partial charge >= 0.3 is 0 Å². The van der Waals surface area contributed by atoms with Crippen molar-refractivity contribution in [3.8, 4) is 0 Å². The first-order chi connectivity index (χ1) is 16.7. The van der Waals surface area contributed by atoms with Gasteiger partial charge in [0.1, 0.15) is 0 Å². The lowest BCUT2D eigenvalue weighted by Crippen LogP contribution is -2.62. The number of carbonyl (C=O) groups excluding carboxylic acids is 1. The molecule has 1 amide bonds. The first kappa shape index (κ1) is 28.3. The van der Waals surface area contributed by atoms with Crippen molar-refractivity contribution in [2.45, 2.75) is 96.9 Å². The molecule has 0 aliphatic heterocycles. The maximum Gasteiger partial charge on any atom is 0.266 e. The Morgan fingerprint density at radius 3 is 2.42 bits per heavy atom. The summed E-state index contributed by atoms with van der Waals surface area (Å²) in [6.07, 6.45) is 5.71. The average Bonchev–Trinajstić information content (AvgIpc) is 3.15. The van der Waals surface area contributed by atoms with Crippen LogP contribution in [0.3, 0.4) is 0 Å². The van der Waals surface area contributed by atoms with Gasteiger partial charge in [0.15, 0.2) is 0 Å². The van der Waals surface area contributed by atoms with Crippen molar-refractivity contribution < 1.29 is 33.1 Å². The van der Waals surface area contributed by atoms with Crippen LogP contribution in [-0.4, -0.2) is 76.8 Å². The van der Waals surface area contributed by atoms with Crippen molar-refractivity contribution in [1.29, 1.82) is 0 Å². The van der Waals surface area contributed by atoms with E-state index >= 15 is 0 Å². The van der Waals surface area contributed by atoms with Crippen LogP contribution >= 0.6 is 0 Å². The molecule has 1 unspecified atom stereocenters. The lowest BCUT2D eigenvalue weighted by molar-refractivity contribution is -0.207. The average molecular weight is 530 g/mol. The monoisotopic (exact) mass is 529 g/mol. The number of fused-ring (bicyclic) bond motifs is 5. The minimum absolute atomic E-state index is 0.0360. The standard InChI is InChI=1S/C27H47NO7S/c1-16(5-8-24(32)28(4)11-12-36(33,34)35)19-6-7-20-25-21(15-23(31)27(19,20)3)26(2)10-9-18(29)13-17(26)14-22(25)30/h16-23,25,29-31H,5-15H2,1-4H3,(H,33,34,35)/t16-,17?,18-,19-,20+,21+,22-,23+,25+,26+,27-/m1/s1. The molecule has 11 atom stereocenters. The summed E-state index contributed by atoms with van der Waals surface area (Å²) in [6, 6.07) is 0. The van der Waals surface area contributed by atoms with Crippen molar-refractivity contribution in [2.24, 2.45) is 46.3 Å². The topological polar surface area (TPSA) is 135 Å². The number of carbonyl (C=O) groups is 1. The molecule has 4 aliphatic rings. The second-order valence-electron chi connectivity index (χ2n) is 13.1. The molecule has 0 bridgehead atoms. The summed E-state index contributed by atoms with van der Waals surface area (Å²) >= 11 is 0. The first-order valence-electron chi connectivity index (χ1n) is 13.9. The van der Waals surface area contributed by atoms with E-state index in [0.717, 1.165) is 38.5 Å². The van der Waals surface area contributed by atoms with Crippen LogP contribution in [-0.2, 0) is 14.9 Å². The smallest absolute Gasteiger partial charge is 0.266 e. The summed E-state index contributed by atoms with van der Waals surface area (Å²) in [6.45, 7) is 6.66. The van der Waals surface area contributed by atoms with E-state index in [1.54, 1.807) is 7.05 Å². The van der Waals surface area contributed by atoms with E-state index in [4.69, 9.17) is 4.55 Å². The van der Waals surface area contributed by atoms with Crippen LogP contribution in [0.15, 0.2) is 0 Å². The third-order valence-electron chi connectivity index (χ3n) is 11.4. The quantitative estimate of drug-likeness (QED) is 0.372. The summed E-state index contributed by atoms with van der Waals surface area (Å²) in [7, 11) is -2.55. The van der Waals surface area contributed by atoms with E-state index in [2.05, 4.69) is 20.8 Å². The van der Waals surface area contributed by atoms with Crippen LogP contribution in [0.5, 0.6) is 0 Å². The SMILES string of the molecule is C[C@H](CCC(=O)N(C)CCS(=O)(=O)O)[C@H]1CC[C@H]2[C@@H]3[C@H](O)CC4C[C@H](O)CC[C@]4(C)[C@H]3C[C@H](O)[C@]12C. The molecule has 0 aromatic heterocycles. The summed E-state index contributed by atoms with van der Waals surface area (Å²) < 4.78 is 30.9. The molecule has 0 heterocycles. The third-order valence-corrected chi connectivity index (χ3v) is 12.1. The molecule has 0 saturated heterocycles. The van der Waals surface area contributed by atoms with E-state index in [0.29, 0.717) is 25.2 Å². The van der Waals surface area contributed by atoms with Crippen molar-refractivity contribution in [1.82, 2.24) is 4.90 Å². The number of aliphatic hydroxyl groups is 3. The second-order valence-corrected chi connectivity index (χ2v) is 14.7. The van der Waals surface area contributed by atoms with Gasteiger partial charge in [0, 0.05) is 20.0 Å². The Morgan fingerprint density at radius 1 is 1.06 bits per heavy atom. The largest absolute Gasteiger partial charge is 0.393 e. The molecule has 4 rings (SSSR count). The summed E-state index contributed by atoms with van der Waals surface area (Å²) in [4.78, 5) is 13.9. The van der Waals surface area contributed by atoms with E-state index in [-0.39, 0.29) is 59.0 Å². The van der Waals surface area contributed by atoms with Gasteiger partial charge in [-0.3, -0.25) is 9.35 Å². The van der Waals surface area contributed by atoms with Crippen LogP contribution < -0.4 is 0 Å². The Hall–Kier alpha value is -0.740. The maximum atomic E-state index is 12.6. The minimum atomic E-state index is -4.11. The highest BCUT2D eigenvalue weighted by atomic mass is 32.2. The van der Waals surface area contributed by atoms with Crippen LogP contribution in [0.2, 0.25) is 0 Å². The molecule has 8 nitrogen and oxygen atoms in total. The number of amides is 1. The zero-order chi connectivity index (χ0) is 26.6. The molecule has 0 spiro atoms. The fourth-order valence-electron chi connectivity index (χ4n) is 9.25. The van der Waals surface area contributed by atoms with Crippen molar-refractivity contribution in [2.75, 3.05) is 19.3 Å². The highest BCUT2D eigenvalue weighted by molar-refractivity contribution is 7.85. The van der Waals surface area contributed by atoms with Gasteiger partial charge in [-0.2, -0.15) is 8.42 Å². The van der Waals surface area contributed by atoms with Crippen LogP contribution in [0, 0.1) is 46.3 Å². The molecule has 36 heavy (non-hydrogen) atoms. The first-order valence-corrected chi connectivity index (χ1v) is 15.5. The van der Waals surface area contributed by atoms with Crippen LogP contribution in [0.25, 0.3) is 0 Å². The maximum absolute atomic E-state index is 12.6. The molecule has 4 saturated carbocycles. The molecular weight excluding hydrogens is 482 g/mol. The highest BCUT2D eigenvalue weighted by Gasteiger charge is 2.65. The van der Waals surface area contributed by atoms with Gasteiger partial charge in [-0.1, -0.05) is 20.8 Å². The van der Waals surface area contributed by atoms with Gasteiger partial charge < -0.3 is 20.2 Å². The molecule has 4 N–H and O–H groups in total. The van der Waals surface area contributed by atoms with E-state index in [1.165, 1.54) is 4.90 Å². The fourth-order valence-corrected chi connectivity index (χ4v) is 9.76. The van der Waals surface area contributed by atoms with Gasteiger partial charge in [-0.15, -0.1) is 0 Å². The Kier molecular flexibility index (Phi) is 7.93. The predicted octanol–water partition coefficient (Wildman–Crippen LogP) is 2.71. The second kappa shape index (κ2) is 10.1. The number of rotatable bonds is 7. The Balaban J connectivity index is 1.44. The Morgan fingerprint density at radius 2 is 1.75 bits per heavy atom.